The van der Waals surface area contributed by atoms with E-state index in [1.54, 1.807) is 0 Å². The molecule has 0 saturated carbocycles. The average Bonchev–Trinajstić information content (AvgIpc) is 2.79. The van der Waals surface area contributed by atoms with Crippen LogP contribution in [0.3, 0.4) is 0 Å². The molecule has 0 bridgehead atoms. The number of amides is 3. The Morgan fingerprint density at radius 2 is 1.51 bits per heavy atom. The van der Waals surface area contributed by atoms with Crippen molar-refractivity contribution in [3.63, 3.8) is 0 Å². The van der Waals surface area contributed by atoms with E-state index >= 15 is 0 Å². The molecular weight excluding hydrogens is 472 g/mol. The van der Waals surface area contributed by atoms with Crippen LogP contribution in [0.15, 0.2) is 30.3 Å². The number of carboxylic acid groups (broad SMARTS) is 1. The zero-order valence-electron chi connectivity index (χ0n) is 20.7. The molecule has 0 aromatic heterocycles. The lowest BCUT2D eigenvalue weighted by atomic mass is 10.0. The van der Waals surface area contributed by atoms with Crippen molar-refractivity contribution in [3.8, 4) is 0 Å². The number of nitrogens with one attached hydrogen (secondary N) is 3. The van der Waals surface area contributed by atoms with Crippen LogP contribution in [-0.4, -0.2) is 76.2 Å². The summed E-state index contributed by atoms with van der Waals surface area (Å²) >= 11 is 1.46. The smallest absolute Gasteiger partial charge is 0.328 e. The molecule has 7 N–H and O–H groups in total. The maximum atomic E-state index is 13.1. The van der Waals surface area contributed by atoms with Gasteiger partial charge in [0, 0.05) is 0 Å². The Hall–Kier alpha value is -2.63. The van der Waals surface area contributed by atoms with Crippen LogP contribution >= 0.6 is 11.8 Å². The van der Waals surface area contributed by atoms with E-state index in [2.05, 4.69) is 16.0 Å². The van der Waals surface area contributed by atoms with Crippen molar-refractivity contribution < 1.29 is 29.4 Å². The van der Waals surface area contributed by atoms with Crippen molar-refractivity contribution in [2.24, 2.45) is 11.7 Å². The number of aliphatic hydroxyl groups is 1. The van der Waals surface area contributed by atoms with Gasteiger partial charge in [-0.05, 0) is 49.7 Å². The minimum absolute atomic E-state index is 0.0569. The first-order valence-corrected chi connectivity index (χ1v) is 13.0. The number of aliphatic carboxylic acids is 1. The molecule has 0 heterocycles. The van der Waals surface area contributed by atoms with Crippen LogP contribution in [-0.2, 0) is 25.6 Å². The summed E-state index contributed by atoms with van der Waals surface area (Å²) in [7, 11) is 0. The SMILES string of the molecule is CSCCC(NC(=O)C(CC(C)C)NC(=O)C(N)Cc1ccccc1)C(=O)NC(C(=O)O)C(C)O. The molecule has 0 aliphatic heterocycles. The molecule has 196 valence electrons. The molecule has 1 rings (SSSR count). The van der Waals surface area contributed by atoms with Crippen LogP contribution in [0.1, 0.15) is 39.2 Å². The van der Waals surface area contributed by atoms with Crippen LogP contribution < -0.4 is 21.7 Å². The lowest BCUT2D eigenvalue weighted by Gasteiger charge is -2.26. The summed E-state index contributed by atoms with van der Waals surface area (Å²) in [5.74, 6) is -2.59. The predicted molar refractivity (Wildman–Crippen MR) is 136 cm³/mol. The van der Waals surface area contributed by atoms with Gasteiger partial charge in [0.15, 0.2) is 6.04 Å². The Kier molecular flexibility index (Phi) is 13.4. The van der Waals surface area contributed by atoms with Gasteiger partial charge in [-0.15, -0.1) is 0 Å². The number of hydrogen-bond donors (Lipinski definition) is 6. The number of hydrogen-bond acceptors (Lipinski definition) is 7. The zero-order valence-corrected chi connectivity index (χ0v) is 21.5. The third-order valence-corrected chi connectivity index (χ3v) is 5.91. The molecule has 3 amide bonds. The van der Waals surface area contributed by atoms with E-state index < -0.39 is 54.0 Å². The average molecular weight is 511 g/mol. The highest BCUT2D eigenvalue weighted by atomic mass is 32.2. The summed E-state index contributed by atoms with van der Waals surface area (Å²) in [6.07, 6.45) is 1.37. The summed E-state index contributed by atoms with van der Waals surface area (Å²) in [5, 5.41) is 26.5. The van der Waals surface area contributed by atoms with Gasteiger partial charge in [0.1, 0.15) is 12.1 Å². The number of carbonyl (C=O) groups excluding carboxylic acids is 3. The van der Waals surface area contributed by atoms with Crippen molar-refractivity contribution >= 4 is 35.5 Å². The maximum absolute atomic E-state index is 13.1. The van der Waals surface area contributed by atoms with Gasteiger partial charge in [-0.3, -0.25) is 14.4 Å². The summed E-state index contributed by atoms with van der Waals surface area (Å²) < 4.78 is 0. The van der Waals surface area contributed by atoms with Gasteiger partial charge in [0.2, 0.25) is 17.7 Å². The molecule has 35 heavy (non-hydrogen) atoms. The predicted octanol–water partition coefficient (Wildman–Crippen LogP) is 0.275. The zero-order chi connectivity index (χ0) is 26.5. The summed E-state index contributed by atoms with van der Waals surface area (Å²) in [6.45, 7) is 5.05. The minimum atomic E-state index is -1.52. The normalized spacial score (nSPS) is 15.4. The van der Waals surface area contributed by atoms with Crippen molar-refractivity contribution in [1.29, 1.82) is 0 Å². The van der Waals surface area contributed by atoms with Gasteiger partial charge in [-0.1, -0.05) is 44.2 Å². The molecule has 5 unspecified atom stereocenters. The molecule has 0 fully saturated rings. The number of benzene rings is 1. The fraction of sp³-hybridized carbons (Fsp3) is 0.583. The van der Waals surface area contributed by atoms with Crippen molar-refractivity contribution in [1.82, 2.24) is 16.0 Å². The standard InChI is InChI=1S/C24H38N4O6S/c1-14(2)12-19(27-21(30)17(25)13-16-8-6-5-7-9-16)23(32)26-18(10-11-35-4)22(31)28-20(15(3)29)24(33)34/h5-9,14-15,17-20,29H,10-13,25H2,1-4H3,(H,26,32)(H,27,30)(H,28,31)(H,33,34). The Labute approximate surface area is 210 Å². The molecule has 0 spiro atoms. The fourth-order valence-electron chi connectivity index (χ4n) is 3.36. The molecule has 1 aromatic rings. The van der Waals surface area contributed by atoms with E-state index in [-0.39, 0.29) is 12.3 Å². The molecule has 0 saturated heterocycles. The topological polar surface area (TPSA) is 171 Å². The molecular formula is C24H38N4O6S. The van der Waals surface area contributed by atoms with Gasteiger partial charge in [-0.2, -0.15) is 11.8 Å². The summed E-state index contributed by atoms with van der Waals surface area (Å²) in [5.41, 5.74) is 6.95. The molecule has 5 atom stereocenters. The number of rotatable bonds is 15. The van der Waals surface area contributed by atoms with Gasteiger partial charge in [-0.25, -0.2) is 4.79 Å². The Bertz CT molecular complexity index is 837. The van der Waals surface area contributed by atoms with E-state index in [9.17, 15) is 29.4 Å². The first kappa shape index (κ1) is 30.4. The van der Waals surface area contributed by atoms with Crippen LogP contribution in [0.5, 0.6) is 0 Å². The van der Waals surface area contributed by atoms with Gasteiger partial charge in [0.25, 0.3) is 0 Å². The number of nitrogens with two attached hydrogens (primary N) is 1. The summed E-state index contributed by atoms with van der Waals surface area (Å²) in [4.78, 5) is 50.0. The number of aliphatic hydroxyl groups excluding tert-OH is 1. The van der Waals surface area contributed by atoms with Crippen molar-refractivity contribution in [3.05, 3.63) is 35.9 Å². The highest BCUT2D eigenvalue weighted by Gasteiger charge is 2.32. The Morgan fingerprint density at radius 1 is 0.943 bits per heavy atom. The lowest BCUT2D eigenvalue weighted by Crippen LogP contribution is -2.58. The molecule has 11 heteroatoms. The van der Waals surface area contributed by atoms with Gasteiger partial charge in [0.05, 0.1) is 12.1 Å². The second-order valence-corrected chi connectivity index (χ2v) is 9.88. The monoisotopic (exact) mass is 510 g/mol. The van der Waals surface area contributed by atoms with Gasteiger partial charge < -0.3 is 31.9 Å². The van der Waals surface area contributed by atoms with Crippen LogP contribution in [0, 0.1) is 5.92 Å². The molecule has 0 aliphatic rings. The van der Waals surface area contributed by atoms with Crippen LogP contribution in [0.2, 0.25) is 0 Å². The van der Waals surface area contributed by atoms with E-state index in [1.807, 2.05) is 50.4 Å². The number of carboxylic acids is 1. The first-order chi connectivity index (χ1) is 16.5. The second-order valence-electron chi connectivity index (χ2n) is 8.89. The molecule has 0 radical (unpaired) electrons. The minimum Gasteiger partial charge on any atom is -0.480 e. The van der Waals surface area contributed by atoms with E-state index in [1.165, 1.54) is 18.7 Å². The largest absolute Gasteiger partial charge is 0.480 e. The number of thioether (sulfide) groups is 1. The van der Waals surface area contributed by atoms with E-state index in [0.717, 1.165) is 5.56 Å². The maximum Gasteiger partial charge on any atom is 0.328 e. The fourth-order valence-corrected chi connectivity index (χ4v) is 3.83. The number of carbonyl (C=O) groups is 4. The van der Waals surface area contributed by atoms with Gasteiger partial charge >= 0.3 is 5.97 Å². The lowest BCUT2D eigenvalue weighted by molar-refractivity contribution is -0.145. The van der Waals surface area contributed by atoms with Crippen molar-refractivity contribution in [2.75, 3.05) is 12.0 Å². The third kappa shape index (κ3) is 11.1. The quantitative estimate of drug-likeness (QED) is 0.195. The third-order valence-electron chi connectivity index (χ3n) is 5.27. The van der Waals surface area contributed by atoms with E-state index in [4.69, 9.17) is 5.73 Å². The Balaban J connectivity index is 2.94. The highest BCUT2D eigenvalue weighted by molar-refractivity contribution is 7.98. The van der Waals surface area contributed by atoms with Crippen LogP contribution in [0.4, 0.5) is 0 Å². The molecule has 0 aliphatic carbocycles. The molecule has 1 aromatic carbocycles. The summed E-state index contributed by atoms with van der Waals surface area (Å²) in [6, 6.07) is 4.93. The first-order valence-electron chi connectivity index (χ1n) is 11.6. The van der Waals surface area contributed by atoms with Crippen LogP contribution in [0.25, 0.3) is 0 Å². The molecule has 10 nitrogen and oxygen atoms in total. The highest BCUT2D eigenvalue weighted by Crippen LogP contribution is 2.09. The second kappa shape index (κ2) is 15.4. The Morgan fingerprint density at radius 3 is 2.03 bits per heavy atom. The van der Waals surface area contributed by atoms with Crippen molar-refractivity contribution in [2.45, 2.75) is 70.3 Å². The van der Waals surface area contributed by atoms with E-state index in [0.29, 0.717) is 18.6 Å².